The van der Waals surface area contributed by atoms with Gasteiger partial charge in [0.15, 0.2) is 11.5 Å². The molecule has 0 spiro atoms. The standard InChI is InChI=1S/C17H19N3O3S/c18-6-5-16-19-12(9-24-16)17(21)20-7-1-2-13(20)11-3-4-14-15(8-11)23-10-22-14/h3-4,8-9,13H,1-2,5-7,10,18H2. The van der Waals surface area contributed by atoms with Crippen molar-refractivity contribution in [3.8, 4) is 11.5 Å². The first-order valence-electron chi connectivity index (χ1n) is 8.11. The summed E-state index contributed by atoms with van der Waals surface area (Å²) >= 11 is 1.50. The highest BCUT2D eigenvalue weighted by Gasteiger charge is 2.32. The second-order valence-corrected chi connectivity index (χ2v) is 6.88. The minimum atomic E-state index is -0.00492. The van der Waals surface area contributed by atoms with Crippen LogP contribution in [-0.2, 0) is 6.42 Å². The molecule has 1 fully saturated rings. The molecular formula is C17H19N3O3S. The molecule has 4 rings (SSSR count). The molecule has 0 bridgehead atoms. The third-order valence-electron chi connectivity index (χ3n) is 4.42. The summed E-state index contributed by atoms with van der Waals surface area (Å²) in [6, 6.07) is 5.98. The molecule has 1 amide bonds. The molecule has 7 heteroatoms. The van der Waals surface area contributed by atoms with Crippen LogP contribution in [0.3, 0.4) is 0 Å². The van der Waals surface area contributed by atoms with Crippen molar-refractivity contribution < 1.29 is 14.3 Å². The quantitative estimate of drug-likeness (QED) is 0.920. The lowest BCUT2D eigenvalue weighted by molar-refractivity contribution is 0.0730. The maximum absolute atomic E-state index is 12.9. The van der Waals surface area contributed by atoms with Crippen molar-refractivity contribution in [1.82, 2.24) is 9.88 Å². The van der Waals surface area contributed by atoms with Gasteiger partial charge >= 0.3 is 0 Å². The van der Waals surface area contributed by atoms with Gasteiger partial charge in [-0.15, -0.1) is 11.3 Å². The zero-order valence-electron chi connectivity index (χ0n) is 13.2. The summed E-state index contributed by atoms with van der Waals surface area (Å²) in [5.41, 5.74) is 7.17. The number of thiazole rings is 1. The van der Waals surface area contributed by atoms with E-state index in [1.54, 1.807) is 0 Å². The molecule has 0 radical (unpaired) electrons. The van der Waals surface area contributed by atoms with Crippen LogP contribution in [0.4, 0.5) is 0 Å². The van der Waals surface area contributed by atoms with Crippen molar-refractivity contribution in [3.63, 3.8) is 0 Å². The normalized spacial score (nSPS) is 19.0. The van der Waals surface area contributed by atoms with Gasteiger partial charge in [0.25, 0.3) is 5.91 Å². The monoisotopic (exact) mass is 345 g/mol. The van der Waals surface area contributed by atoms with Gasteiger partial charge in [-0.3, -0.25) is 4.79 Å². The highest BCUT2D eigenvalue weighted by Crippen LogP contribution is 2.39. The summed E-state index contributed by atoms with van der Waals surface area (Å²) in [4.78, 5) is 19.2. The molecule has 0 aliphatic carbocycles. The lowest BCUT2D eigenvalue weighted by Crippen LogP contribution is -2.30. The topological polar surface area (TPSA) is 77.7 Å². The predicted octanol–water partition coefficient (Wildman–Crippen LogP) is 2.35. The maximum atomic E-state index is 12.9. The van der Waals surface area contributed by atoms with Crippen LogP contribution >= 0.6 is 11.3 Å². The second kappa shape index (κ2) is 6.41. The smallest absolute Gasteiger partial charge is 0.273 e. The summed E-state index contributed by atoms with van der Waals surface area (Å²) in [6.07, 6.45) is 2.65. The third-order valence-corrected chi connectivity index (χ3v) is 5.33. The van der Waals surface area contributed by atoms with Crippen LogP contribution in [0.1, 0.15) is 39.9 Å². The Labute approximate surface area is 144 Å². The third kappa shape index (κ3) is 2.74. The molecule has 2 N–H and O–H groups in total. The Balaban J connectivity index is 1.56. The number of carbonyl (C=O) groups excluding carboxylic acids is 1. The average molecular weight is 345 g/mol. The van der Waals surface area contributed by atoms with Crippen LogP contribution in [0, 0.1) is 0 Å². The van der Waals surface area contributed by atoms with Crippen LogP contribution in [0.5, 0.6) is 11.5 Å². The fourth-order valence-electron chi connectivity index (χ4n) is 3.27. The van der Waals surface area contributed by atoms with Gasteiger partial charge < -0.3 is 20.1 Å². The Bertz CT molecular complexity index is 761. The lowest BCUT2D eigenvalue weighted by atomic mass is 10.0. The number of amides is 1. The fourth-order valence-corrected chi connectivity index (χ4v) is 4.06. The van der Waals surface area contributed by atoms with Gasteiger partial charge in [0.05, 0.1) is 11.0 Å². The van der Waals surface area contributed by atoms with E-state index < -0.39 is 0 Å². The first-order chi connectivity index (χ1) is 11.8. The number of ether oxygens (including phenoxy) is 2. The Kier molecular flexibility index (Phi) is 4.12. The van der Waals surface area contributed by atoms with Gasteiger partial charge in [0.2, 0.25) is 6.79 Å². The highest BCUT2D eigenvalue weighted by atomic mass is 32.1. The number of rotatable bonds is 4. The Hall–Kier alpha value is -2.12. The number of hydrogen-bond acceptors (Lipinski definition) is 6. The molecule has 1 aromatic heterocycles. The molecule has 2 aliphatic heterocycles. The molecule has 24 heavy (non-hydrogen) atoms. The number of fused-ring (bicyclic) bond motifs is 1. The van der Waals surface area contributed by atoms with Gasteiger partial charge in [-0.2, -0.15) is 0 Å². The van der Waals surface area contributed by atoms with Gasteiger partial charge in [0.1, 0.15) is 5.69 Å². The van der Waals surface area contributed by atoms with E-state index >= 15 is 0 Å². The zero-order chi connectivity index (χ0) is 16.5. The van der Waals surface area contributed by atoms with E-state index in [9.17, 15) is 4.79 Å². The van der Waals surface area contributed by atoms with Crippen molar-refractivity contribution in [3.05, 3.63) is 39.8 Å². The van der Waals surface area contributed by atoms with E-state index in [0.29, 0.717) is 18.7 Å². The van der Waals surface area contributed by atoms with Crippen molar-refractivity contribution in [2.45, 2.75) is 25.3 Å². The fraction of sp³-hybridized carbons (Fsp3) is 0.412. The van der Waals surface area contributed by atoms with Crippen LogP contribution < -0.4 is 15.2 Å². The number of benzene rings is 1. The van der Waals surface area contributed by atoms with E-state index in [2.05, 4.69) is 4.98 Å². The zero-order valence-corrected chi connectivity index (χ0v) is 14.1. The number of aromatic nitrogens is 1. The van der Waals surface area contributed by atoms with Crippen molar-refractivity contribution >= 4 is 17.2 Å². The second-order valence-electron chi connectivity index (χ2n) is 5.93. The molecule has 6 nitrogen and oxygen atoms in total. The molecule has 1 aromatic carbocycles. The minimum Gasteiger partial charge on any atom is -0.454 e. The van der Waals surface area contributed by atoms with E-state index in [1.807, 2.05) is 28.5 Å². The Morgan fingerprint density at radius 3 is 3.12 bits per heavy atom. The summed E-state index contributed by atoms with van der Waals surface area (Å²) in [5, 5.41) is 2.75. The molecule has 2 aliphatic rings. The van der Waals surface area contributed by atoms with Crippen LogP contribution in [0.25, 0.3) is 0 Å². The van der Waals surface area contributed by atoms with Crippen LogP contribution in [0.15, 0.2) is 23.6 Å². The summed E-state index contributed by atoms with van der Waals surface area (Å²) in [5.74, 6) is 1.51. The maximum Gasteiger partial charge on any atom is 0.273 e. The predicted molar refractivity (Wildman–Crippen MR) is 90.4 cm³/mol. The summed E-state index contributed by atoms with van der Waals surface area (Å²) in [6.45, 7) is 1.56. The summed E-state index contributed by atoms with van der Waals surface area (Å²) in [7, 11) is 0. The molecule has 0 saturated carbocycles. The van der Waals surface area contributed by atoms with Crippen molar-refractivity contribution in [1.29, 1.82) is 0 Å². The van der Waals surface area contributed by atoms with Gasteiger partial charge in [-0.1, -0.05) is 6.07 Å². The van der Waals surface area contributed by atoms with Crippen molar-refractivity contribution in [2.24, 2.45) is 5.73 Å². The number of nitrogens with zero attached hydrogens (tertiary/aromatic N) is 2. The van der Waals surface area contributed by atoms with Gasteiger partial charge in [0, 0.05) is 18.3 Å². The molecule has 2 aromatic rings. The summed E-state index contributed by atoms with van der Waals surface area (Å²) < 4.78 is 10.8. The van der Waals surface area contributed by atoms with E-state index in [4.69, 9.17) is 15.2 Å². The van der Waals surface area contributed by atoms with E-state index in [1.165, 1.54) is 11.3 Å². The number of carbonyl (C=O) groups is 1. The number of likely N-dealkylation sites (tertiary alicyclic amines) is 1. The van der Waals surface area contributed by atoms with Crippen LogP contribution in [-0.4, -0.2) is 35.7 Å². The molecule has 126 valence electrons. The number of hydrogen-bond donors (Lipinski definition) is 1. The minimum absolute atomic E-state index is 0.00492. The first kappa shape index (κ1) is 15.4. The lowest BCUT2D eigenvalue weighted by Gasteiger charge is -2.24. The van der Waals surface area contributed by atoms with Crippen molar-refractivity contribution in [2.75, 3.05) is 19.9 Å². The largest absolute Gasteiger partial charge is 0.454 e. The number of nitrogens with two attached hydrogens (primary N) is 1. The Morgan fingerprint density at radius 1 is 1.38 bits per heavy atom. The molecular weight excluding hydrogens is 326 g/mol. The van der Waals surface area contributed by atoms with E-state index in [0.717, 1.165) is 41.5 Å². The first-order valence-corrected chi connectivity index (χ1v) is 8.99. The molecule has 1 atom stereocenters. The molecule has 3 heterocycles. The molecule has 1 unspecified atom stereocenters. The van der Waals surface area contributed by atoms with Gasteiger partial charge in [-0.05, 0) is 37.1 Å². The van der Waals surface area contributed by atoms with Crippen LogP contribution in [0.2, 0.25) is 0 Å². The van der Waals surface area contributed by atoms with E-state index in [-0.39, 0.29) is 18.7 Å². The Morgan fingerprint density at radius 2 is 2.25 bits per heavy atom. The average Bonchev–Trinajstić information content (AvgIpc) is 3.33. The highest BCUT2D eigenvalue weighted by molar-refractivity contribution is 7.09. The molecule has 1 saturated heterocycles. The van der Waals surface area contributed by atoms with Gasteiger partial charge in [-0.25, -0.2) is 4.98 Å². The SMILES string of the molecule is NCCc1nc(C(=O)N2CCCC2c2ccc3c(c2)OCO3)cs1.